The van der Waals surface area contributed by atoms with Crippen molar-refractivity contribution in [2.75, 3.05) is 24.5 Å². The minimum absolute atomic E-state index is 0.0656. The molecule has 6 nitrogen and oxygen atoms in total. The number of amides is 1. The lowest BCUT2D eigenvalue weighted by atomic mass is 9.98. The number of aromatic nitrogens is 1. The SMILES string of the molecule is C#Cc1cccc(C2(NC[C@H](O)[C@H](Cc3cc(F)cc(F)c3)NC(=O)c3sc(N(CCC)CCC)nc3C(F)(F)F)CC2)c1. The summed E-state index contributed by atoms with van der Waals surface area (Å²) in [5, 5.41) is 17.2. The smallest absolute Gasteiger partial charge is 0.390 e. The molecule has 3 aromatic rings. The van der Waals surface area contributed by atoms with E-state index in [1.54, 1.807) is 11.0 Å². The van der Waals surface area contributed by atoms with E-state index in [2.05, 4.69) is 21.5 Å². The van der Waals surface area contributed by atoms with E-state index < -0.39 is 52.0 Å². The third kappa shape index (κ3) is 8.14. The first kappa shape index (κ1) is 33.4. The lowest BCUT2D eigenvalue weighted by molar-refractivity contribution is -0.141. The summed E-state index contributed by atoms with van der Waals surface area (Å²) in [5.74, 6) is -0.217. The molecule has 1 heterocycles. The molecule has 2 aromatic carbocycles. The van der Waals surface area contributed by atoms with Gasteiger partial charge in [0.1, 0.15) is 16.5 Å². The second-order valence-electron chi connectivity index (χ2n) is 11.0. The number of anilines is 1. The van der Waals surface area contributed by atoms with Gasteiger partial charge in [0.2, 0.25) is 0 Å². The summed E-state index contributed by atoms with van der Waals surface area (Å²) in [6.07, 6.45) is 1.90. The highest BCUT2D eigenvalue weighted by atomic mass is 32.1. The molecular weight excluding hydrogens is 599 g/mol. The van der Waals surface area contributed by atoms with Gasteiger partial charge < -0.3 is 20.6 Å². The van der Waals surface area contributed by atoms with Crippen molar-refractivity contribution in [3.63, 3.8) is 0 Å². The van der Waals surface area contributed by atoms with Gasteiger partial charge in [-0.3, -0.25) is 4.79 Å². The second-order valence-corrected chi connectivity index (χ2v) is 12.0. The zero-order valence-corrected chi connectivity index (χ0v) is 25.3. The molecule has 0 spiro atoms. The van der Waals surface area contributed by atoms with Crippen LogP contribution in [0.15, 0.2) is 42.5 Å². The van der Waals surface area contributed by atoms with Crippen molar-refractivity contribution in [3.05, 3.63) is 81.4 Å². The molecule has 44 heavy (non-hydrogen) atoms. The predicted octanol–water partition coefficient (Wildman–Crippen LogP) is 6.03. The Morgan fingerprint density at radius 1 is 1.14 bits per heavy atom. The molecule has 0 aliphatic heterocycles. The van der Waals surface area contributed by atoms with Crippen LogP contribution in [-0.2, 0) is 18.1 Å². The van der Waals surface area contributed by atoms with Gasteiger partial charge in [0.25, 0.3) is 5.91 Å². The van der Waals surface area contributed by atoms with Gasteiger partial charge in [0, 0.05) is 36.8 Å². The van der Waals surface area contributed by atoms with E-state index in [0.717, 1.165) is 30.5 Å². The van der Waals surface area contributed by atoms with E-state index in [9.17, 15) is 31.9 Å². The number of nitrogens with zero attached hydrogens (tertiary/aromatic N) is 2. The molecule has 2 atom stereocenters. The van der Waals surface area contributed by atoms with Crippen LogP contribution in [0.5, 0.6) is 0 Å². The summed E-state index contributed by atoms with van der Waals surface area (Å²) in [5.41, 5.74) is -0.0572. The highest BCUT2D eigenvalue weighted by Crippen LogP contribution is 2.45. The van der Waals surface area contributed by atoms with Crippen LogP contribution in [-0.4, -0.2) is 47.8 Å². The Kier molecular flexibility index (Phi) is 10.7. The van der Waals surface area contributed by atoms with Crippen LogP contribution in [0.2, 0.25) is 0 Å². The standard InChI is InChI=1S/C32H35F5N4O2S/c1-4-12-41(13-5-2)30-40-28(32(35,36)37)27(44-30)29(43)39-25(17-21-15-23(33)18-24(34)16-21)26(42)19-38-31(10-11-31)22-9-7-8-20(6-3)14-22/h3,7-9,14-16,18,25-26,38,42H,4-5,10-13,17,19H2,1-2H3,(H,39,43)/t25-,26-/m0/s1. The number of hydrogen-bond acceptors (Lipinski definition) is 6. The number of halogens is 5. The number of thiazole rings is 1. The van der Waals surface area contributed by atoms with E-state index in [0.29, 0.717) is 48.9 Å². The Labute approximate surface area is 257 Å². The molecule has 0 saturated heterocycles. The first-order chi connectivity index (χ1) is 20.9. The van der Waals surface area contributed by atoms with Gasteiger partial charge in [-0.15, -0.1) is 6.42 Å². The number of hydrogen-bond donors (Lipinski definition) is 3. The molecule has 1 aliphatic rings. The molecule has 0 radical (unpaired) electrons. The second kappa shape index (κ2) is 14.1. The van der Waals surface area contributed by atoms with Crippen molar-refractivity contribution >= 4 is 22.4 Å². The van der Waals surface area contributed by atoms with Gasteiger partial charge in [-0.1, -0.05) is 43.2 Å². The Bertz CT molecular complexity index is 1470. The number of rotatable bonds is 14. The maximum Gasteiger partial charge on any atom is 0.435 e. The van der Waals surface area contributed by atoms with Crippen LogP contribution in [0.1, 0.15) is 71.6 Å². The third-order valence-corrected chi connectivity index (χ3v) is 8.60. The minimum atomic E-state index is -4.90. The number of nitrogens with one attached hydrogen (secondary N) is 2. The van der Waals surface area contributed by atoms with Gasteiger partial charge in [-0.2, -0.15) is 13.2 Å². The zero-order valence-electron chi connectivity index (χ0n) is 24.5. The van der Waals surface area contributed by atoms with Crippen LogP contribution in [0.25, 0.3) is 0 Å². The van der Waals surface area contributed by atoms with Gasteiger partial charge in [-0.25, -0.2) is 13.8 Å². The number of carbonyl (C=O) groups excluding carboxylic acids is 1. The Hall–Kier alpha value is -3.53. The lowest BCUT2D eigenvalue weighted by Gasteiger charge is -2.27. The minimum Gasteiger partial charge on any atom is -0.390 e. The Morgan fingerprint density at radius 3 is 2.36 bits per heavy atom. The number of benzene rings is 2. The molecule has 0 bridgehead atoms. The van der Waals surface area contributed by atoms with Crippen LogP contribution in [0.4, 0.5) is 27.1 Å². The van der Waals surface area contributed by atoms with Crippen LogP contribution >= 0.6 is 11.3 Å². The number of carbonyl (C=O) groups is 1. The van der Waals surface area contributed by atoms with Gasteiger partial charge in [0.15, 0.2) is 10.8 Å². The fourth-order valence-electron chi connectivity index (χ4n) is 5.17. The summed E-state index contributed by atoms with van der Waals surface area (Å²) in [7, 11) is 0. The number of aliphatic hydroxyl groups excluding tert-OH is 1. The number of alkyl halides is 3. The fourth-order valence-corrected chi connectivity index (χ4v) is 6.22. The van der Waals surface area contributed by atoms with Crippen molar-refractivity contribution < 1.29 is 31.9 Å². The highest BCUT2D eigenvalue weighted by molar-refractivity contribution is 7.17. The predicted molar refractivity (Wildman–Crippen MR) is 161 cm³/mol. The average Bonchev–Trinajstić information content (AvgIpc) is 3.62. The van der Waals surface area contributed by atoms with E-state index in [1.807, 2.05) is 32.0 Å². The fraction of sp³-hybridized carbons (Fsp3) is 0.438. The number of aliphatic hydroxyl groups is 1. The molecule has 4 rings (SSSR count). The first-order valence-corrected chi connectivity index (χ1v) is 15.3. The van der Waals surface area contributed by atoms with Gasteiger partial charge in [0.05, 0.1) is 12.1 Å². The molecule has 12 heteroatoms. The van der Waals surface area contributed by atoms with Crippen molar-refractivity contribution in [1.29, 1.82) is 0 Å². The quantitative estimate of drug-likeness (QED) is 0.149. The molecular formula is C32H35F5N4O2S. The molecule has 1 aromatic heterocycles. The Balaban J connectivity index is 1.61. The molecule has 1 fully saturated rings. The van der Waals surface area contributed by atoms with E-state index in [-0.39, 0.29) is 23.7 Å². The highest BCUT2D eigenvalue weighted by Gasteiger charge is 2.45. The van der Waals surface area contributed by atoms with E-state index >= 15 is 0 Å². The third-order valence-electron chi connectivity index (χ3n) is 7.49. The van der Waals surface area contributed by atoms with Crippen LogP contribution in [0, 0.1) is 24.0 Å². The number of terminal acetylenes is 1. The zero-order chi connectivity index (χ0) is 32.1. The lowest BCUT2D eigenvalue weighted by Crippen LogP contribution is -2.50. The monoisotopic (exact) mass is 634 g/mol. The largest absolute Gasteiger partial charge is 0.435 e. The summed E-state index contributed by atoms with van der Waals surface area (Å²) in [6.45, 7) is 4.64. The van der Waals surface area contributed by atoms with Crippen molar-refractivity contribution in [2.45, 2.75) is 69.8 Å². The molecule has 3 N–H and O–H groups in total. The van der Waals surface area contributed by atoms with Crippen LogP contribution < -0.4 is 15.5 Å². The normalized spacial score (nSPS) is 15.3. The van der Waals surface area contributed by atoms with E-state index in [1.165, 1.54) is 0 Å². The first-order valence-electron chi connectivity index (χ1n) is 14.5. The molecule has 0 unspecified atom stereocenters. The van der Waals surface area contributed by atoms with Gasteiger partial charge >= 0.3 is 6.18 Å². The topological polar surface area (TPSA) is 77.5 Å². The summed E-state index contributed by atoms with van der Waals surface area (Å²) < 4.78 is 70.2. The molecule has 1 saturated carbocycles. The van der Waals surface area contributed by atoms with Crippen LogP contribution in [0.3, 0.4) is 0 Å². The van der Waals surface area contributed by atoms with Crippen molar-refractivity contribution in [3.8, 4) is 12.3 Å². The van der Waals surface area contributed by atoms with Gasteiger partial charge in [-0.05, 0) is 67.5 Å². The van der Waals surface area contributed by atoms with E-state index in [4.69, 9.17) is 6.42 Å². The molecule has 1 aliphatic carbocycles. The summed E-state index contributed by atoms with van der Waals surface area (Å²) >= 11 is 0.625. The van der Waals surface area contributed by atoms with Crippen molar-refractivity contribution in [2.24, 2.45) is 0 Å². The van der Waals surface area contributed by atoms with Crippen molar-refractivity contribution in [1.82, 2.24) is 15.6 Å². The Morgan fingerprint density at radius 2 is 1.80 bits per heavy atom. The maximum atomic E-state index is 14.1. The molecule has 236 valence electrons. The maximum absolute atomic E-state index is 14.1. The summed E-state index contributed by atoms with van der Waals surface area (Å²) in [6, 6.07) is 8.98. The molecule has 1 amide bonds. The average molecular weight is 635 g/mol. The summed E-state index contributed by atoms with van der Waals surface area (Å²) in [4.78, 5) is 18.3.